The molecular formula is C22H26N2O3. The molecule has 1 saturated carbocycles. The zero-order valence-corrected chi connectivity index (χ0v) is 16.2. The van der Waals surface area contributed by atoms with Gasteiger partial charge in [0.1, 0.15) is 0 Å². The van der Waals surface area contributed by atoms with E-state index in [1.807, 2.05) is 35.0 Å². The van der Waals surface area contributed by atoms with Gasteiger partial charge in [0.25, 0.3) is 0 Å². The fraction of sp³-hybridized carbons (Fsp3) is 0.545. The average molecular weight is 366 g/mol. The molecule has 5 rings (SSSR count). The van der Waals surface area contributed by atoms with E-state index in [-0.39, 0.29) is 17.1 Å². The Morgan fingerprint density at radius 2 is 1.78 bits per heavy atom. The minimum Gasteiger partial charge on any atom is -0.347 e. The average Bonchev–Trinajstić information content (AvgIpc) is 3.31. The van der Waals surface area contributed by atoms with E-state index < -0.39 is 11.2 Å². The Morgan fingerprint density at radius 1 is 1.07 bits per heavy atom. The molecule has 1 saturated heterocycles. The lowest BCUT2D eigenvalue weighted by molar-refractivity contribution is -0.277. The van der Waals surface area contributed by atoms with Crippen LogP contribution in [0.1, 0.15) is 49.7 Å². The molecule has 2 heterocycles. The van der Waals surface area contributed by atoms with Gasteiger partial charge in [0.2, 0.25) is 0 Å². The SMILES string of the molecule is CC1(C)[C@@H]2Cc3c(cnn3-c3ccccc3)C(=O)[C@@]2(C)CCC12OCCO2. The quantitative estimate of drug-likeness (QED) is 0.770. The molecule has 27 heavy (non-hydrogen) atoms. The highest BCUT2D eigenvalue weighted by Gasteiger charge is 2.65. The van der Waals surface area contributed by atoms with E-state index in [0.29, 0.717) is 13.2 Å². The molecule has 3 aliphatic rings. The van der Waals surface area contributed by atoms with Crippen molar-refractivity contribution < 1.29 is 14.3 Å². The lowest BCUT2D eigenvalue weighted by Crippen LogP contribution is -2.62. The van der Waals surface area contributed by atoms with Crippen molar-refractivity contribution >= 4 is 5.78 Å². The Morgan fingerprint density at radius 3 is 2.48 bits per heavy atom. The molecule has 1 aromatic heterocycles. The Labute approximate surface area is 159 Å². The third-order valence-electron chi connectivity index (χ3n) is 7.38. The molecule has 5 nitrogen and oxygen atoms in total. The summed E-state index contributed by atoms with van der Waals surface area (Å²) >= 11 is 0. The molecule has 1 spiro atoms. The van der Waals surface area contributed by atoms with Crippen molar-refractivity contribution in [2.75, 3.05) is 13.2 Å². The van der Waals surface area contributed by atoms with Crippen LogP contribution >= 0.6 is 0 Å². The summed E-state index contributed by atoms with van der Waals surface area (Å²) in [5.74, 6) is -0.222. The van der Waals surface area contributed by atoms with E-state index >= 15 is 0 Å². The third kappa shape index (κ3) is 2.13. The predicted molar refractivity (Wildman–Crippen MR) is 101 cm³/mol. The van der Waals surface area contributed by atoms with Crippen LogP contribution in [-0.4, -0.2) is 34.6 Å². The Bertz CT molecular complexity index is 896. The highest BCUT2D eigenvalue weighted by Crippen LogP contribution is 2.62. The summed E-state index contributed by atoms with van der Waals surface area (Å²) in [6.07, 6.45) is 4.11. The van der Waals surface area contributed by atoms with Crippen LogP contribution in [0.2, 0.25) is 0 Å². The molecule has 2 atom stereocenters. The first-order chi connectivity index (χ1) is 12.9. The van der Waals surface area contributed by atoms with Gasteiger partial charge in [-0.05, 0) is 30.9 Å². The number of rotatable bonds is 1. The van der Waals surface area contributed by atoms with Gasteiger partial charge in [0.15, 0.2) is 11.6 Å². The smallest absolute Gasteiger partial charge is 0.173 e. The van der Waals surface area contributed by atoms with E-state index in [2.05, 4.69) is 25.9 Å². The number of para-hydroxylation sites is 1. The maximum absolute atomic E-state index is 13.6. The van der Waals surface area contributed by atoms with E-state index in [1.165, 1.54) is 0 Å². The fourth-order valence-electron chi connectivity index (χ4n) is 5.76. The molecule has 1 aromatic carbocycles. The van der Waals surface area contributed by atoms with E-state index in [1.54, 1.807) is 6.20 Å². The van der Waals surface area contributed by atoms with Crippen molar-refractivity contribution in [1.29, 1.82) is 0 Å². The van der Waals surface area contributed by atoms with Crippen molar-refractivity contribution in [3.8, 4) is 5.69 Å². The van der Waals surface area contributed by atoms with Crippen molar-refractivity contribution in [1.82, 2.24) is 9.78 Å². The molecule has 0 unspecified atom stereocenters. The molecule has 142 valence electrons. The maximum Gasteiger partial charge on any atom is 0.173 e. The summed E-state index contributed by atoms with van der Waals surface area (Å²) in [5.41, 5.74) is 2.11. The number of hydrogen-bond donors (Lipinski definition) is 0. The Hall–Kier alpha value is -1.98. The van der Waals surface area contributed by atoms with Crippen LogP contribution in [0.15, 0.2) is 36.5 Å². The van der Waals surface area contributed by atoms with Crippen LogP contribution in [0.4, 0.5) is 0 Å². The van der Waals surface area contributed by atoms with Gasteiger partial charge in [0.05, 0.1) is 36.4 Å². The van der Waals surface area contributed by atoms with E-state index in [9.17, 15) is 4.79 Å². The number of fused-ring (bicyclic) bond motifs is 2. The van der Waals surface area contributed by atoms with Crippen LogP contribution in [0.5, 0.6) is 0 Å². The monoisotopic (exact) mass is 366 g/mol. The molecule has 0 N–H and O–H groups in total. The molecule has 2 aromatic rings. The first kappa shape index (κ1) is 17.1. The van der Waals surface area contributed by atoms with Gasteiger partial charge in [-0.15, -0.1) is 0 Å². The summed E-state index contributed by atoms with van der Waals surface area (Å²) in [7, 11) is 0. The summed E-state index contributed by atoms with van der Waals surface area (Å²) in [5, 5.41) is 4.58. The lowest BCUT2D eigenvalue weighted by Gasteiger charge is -2.58. The number of carbonyl (C=O) groups is 1. The number of ketones is 1. The zero-order chi connectivity index (χ0) is 18.9. The Balaban J connectivity index is 1.63. The predicted octanol–water partition coefficient (Wildman–Crippen LogP) is 3.80. The number of ether oxygens (including phenoxy) is 2. The third-order valence-corrected chi connectivity index (χ3v) is 7.38. The summed E-state index contributed by atoms with van der Waals surface area (Å²) in [6.45, 7) is 7.82. The minimum absolute atomic E-state index is 0.135. The Kier molecular flexibility index (Phi) is 3.50. The number of nitrogens with zero attached hydrogens (tertiary/aromatic N) is 2. The van der Waals surface area contributed by atoms with Crippen molar-refractivity contribution in [2.24, 2.45) is 16.7 Å². The van der Waals surface area contributed by atoms with Gasteiger partial charge in [-0.25, -0.2) is 4.68 Å². The van der Waals surface area contributed by atoms with Crippen LogP contribution in [0, 0.1) is 16.7 Å². The second-order valence-corrected chi connectivity index (χ2v) is 8.93. The van der Waals surface area contributed by atoms with Gasteiger partial charge in [-0.3, -0.25) is 4.79 Å². The van der Waals surface area contributed by atoms with Gasteiger partial charge < -0.3 is 9.47 Å². The summed E-state index contributed by atoms with van der Waals surface area (Å²) in [6, 6.07) is 10.0. The van der Waals surface area contributed by atoms with Gasteiger partial charge in [-0.1, -0.05) is 39.0 Å². The summed E-state index contributed by atoms with van der Waals surface area (Å²) < 4.78 is 14.2. The van der Waals surface area contributed by atoms with Crippen molar-refractivity contribution in [3.05, 3.63) is 47.8 Å². The largest absolute Gasteiger partial charge is 0.347 e. The van der Waals surface area contributed by atoms with Crippen LogP contribution < -0.4 is 0 Å². The molecule has 2 aliphatic carbocycles. The van der Waals surface area contributed by atoms with E-state index in [4.69, 9.17) is 9.47 Å². The number of Topliss-reactive ketones (excluding diaryl/α,β-unsaturated/α-hetero) is 1. The lowest BCUT2D eigenvalue weighted by atomic mass is 9.49. The maximum atomic E-state index is 13.6. The van der Waals surface area contributed by atoms with Gasteiger partial charge in [-0.2, -0.15) is 5.10 Å². The molecule has 0 radical (unpaired) electrons. The fourth-order valence-corrected chi connectivity index (χ4v) is 5.76. The molecule has 0 amide bonds. The van der Waals surface area contributed by atoms with Gasteiger partial charge in [0, 0.05) is 17.3 Å². The first-order valence-corrected chi connectivity index (χ1v) is 9.84. The molecule has 5 heteroatoms. The minimum atomic E-state index is -0.577. The molecule has 1 aliphatic heterocycles. The second-order valence-electron chi connectivity index (χ2n) is 8.93. The standard InChI is InChI=1S/C22H26N2O3/c1-20(2)18-13-17-16(14-23-24(17)15-7-5-4-6-8-15)19(25)21(18,3)9-10-22(20)26-11-12-27-22/h4-8,14,18H,9-13H2,1-3H3/t18-,21-/m0/s1. The highest BCUT2D eigenvalue weighted by molar-refractivity contribution is 6.02. The van der Waals surface area contributed by atoms with Crippen molar-refractivity contribution in [2.45, 2.75) is 45.8 Å². The number of benzene rings is 1. The number of carbonyl (C=O) groups excluding carboxylic acids is 1. The normalized spacial score (nSPS) is 30.9. The van der Waals surface area contributed by atoms with Crippen LogP contribution in [0.25, 0.3) is 5.69 Å². The topological polar surface area (TPSA) is 53.4 Å². The zero-order valence-electron chi connectivity index (χ0n) is 16.2. The number of hydrogen-bond acceptors (Lipinski definition) is 4. The first-order valence-electron chi connectivity index (χ1n) is 9.84. The van der Waals surface area contributed by atoms with Gasteiger partial charge >= 0.3 is 0 Å². The van der Waals surface area contributed by atoms with Crippen molar-refractivity contribution in [3.63, 3.8) is 0 Å². The molecule has 0 bridgehead atoms. The molecular weight excluding hydrogens is 340 g/mol. The highest BCUT2D eigenvalue weighted by atomic mass is 16.7. The number of aromatic nitrogens is 2. The summed E-state index contributed by atoms with van der Waals surface area (Å²) in [4.78, 5) is 13.6. The van der Waals surface area contributed by atoms with E-state index in [0.717, 1.165) is 36.2 Å². The second kappa shape index (κ2) is 5.52. The van der Waals surface area contributed by atoms with Crippen LogP contribution in [0.3, 0.4) is 0 Å². The van der Waals surface area contributed by atoms with Crippen LogP contribution in [-0.2, 0) is 15.9 Å². The molecule has 2 fully saturated rings.